The number of amides is 1. The fraction of sp³-hybridized carbons (Fsp3) is 0.174. The molecule has 3 aromatic carbocycles. The summed E-state index contributed by atoms with van der Waals surface area (Å²) in [5.41, 5.74) is 3.16. The minimum absolute atomic E-state index is 0.339. The number of nitrogens with one attached hydrogen (secondary N) is 1. The predicted molar refractivity (Wildman–Crippen MR) is 127 cm³/mol. The Morgan fingerprint density at radius 2 is 1.74 bits per heavy atom. The topological polar surface area (TPSA) is 71.4 Å². The minimum Gasteiger partial charge on any atom is -0.341 e. The van der Waals surface area contributed by atoms with Crippen molar-refractivity contribution in [3.63, 3.8) is 0 Å². The van der Waals surface area contributed by atoms with Gasteiger partial charge in [0.05, 0.1) is 11.9 Å². The van der Waals surface area contributed by atoms with E-state index in [0.29, 0.717) is 16.4 Å². The van der Waals surface area contributed by atoms with Gasteiger partial charge in [-0.3, -0.25) is 9.10 Å². The first kappa shape index (κ1) is 21.2. The van der Waals surface area contributed by atoms with E-state index in [9.17, 15) is 13.2 Å². The number of para-hydroxylation sites is 1. The van der Waals surface area contributed by atoms with Gasteiger partial charge in [0.25, 0.3) is 0 Å². The second-order valence-corrected chi connectivity index (χ2v) is 9.63. The van der Waals surface area contributed by atoms with Crippen LogP contribution >= 0.6 is 11.6 Å². The quantitative estimate of drug-likeness (QED) is 0.450. The van der Waals surface area contributed by atoms with Gasteiger partial charge in [-0.15, -0.1) is 0 Å². The molecule has 1 aromatic heterocycles. The van der Waals surface area contributed by atoms with Crippen LogP contribution in [0.15, 0.2) is 66.7 Å². The number of benzene rings is 3. The van der Waals surface area contributed by atoms with Gasteiger partial charge >= 0.3 is 0 Å². The highest BCUT2D eigenvalue weighted by molar-refractivity contribution is 7.92. The number of rotatable bonds is 6. The molecular weight excluding hydrogens is 434 g/mol. The number of hydrogen-bond acceptors (Lipinski definition) is 3. The van der Waals surface area contributed by atoms with Crippen LogP contribution in [0.4, 0.5) is 11.4 Å². The lowest BCUT2D eigenvalue weighted by Crippen LogP contribution is -2.37. The Balaban J connectivity index is 1.64. The Hall–Kier alpha value is -3.03. The number of halogens is 1. The van der Waals surface area contributed by atoms with Crippen LogP contribution in [0, 0.1) is 0 Å². The molecule has 0 aliphatic carbocycles. The molecule has 0 unspecified atom stereocenters. The molecule has 0 aliphatic rings. The van der Waals surface area contributed by atoms with Crippen LogP contribution in [0.3, 0.4) is 0 Å². The number of nitrogens with zero attached hydrogens (tertiary/aromatic N) is 2. The molecule has 1 heterocycles. The molecule has 0 radical (unpaired) electrons. The van der Waals surface area contributed by atoms with Crippen molar-refractivity contribution in [1.82, 2.24) is 4.57 Å². The zero-order valence-electron chi connectivity index (χ0n) is 17.2. The third-order valence-electron chi connectivity index (χ3n) is 5.16. The monoisotopic (exact) mass is 455 g/mol. The molecule has 1 N–H and O–H groups in total. The van der Waals surface area contributed by atoms with Crippen molar-refractivity contribution in [2.45, 2.75) is 13.5 Å². The van der Waals surface area contributed by atoms with Gasteiger partial charge < -0.3 is 9.88 Å². The van der Waals surface area contributed by atoms with Crippen molar-refractivity contribution in [1.29, 1.82) is 0 Å². The van der Waals surface area contributed by atoms with E-state index in [-0.39, 0.29) is 6.54 Å². The normalized spacial score (nSPS) is 11.7. The van der Waals surface area contributed by atoms with Crippen molar-refractivity contribution < 1.29 is 13.2 Å². The average molecular weight is 456 g/mol. The van der Waals surface area contributed by atoms with Gasteiger partial charge in [-0.1, -0.05) is 35.9 Å². The average Bonchev–Trinajstić information content (AvgIpc) is 3.04. The van der Waals surface area contributed by atoms with E-state index in [2.05, 4.69) is 28.9 Å². The van der Waals surface area contributed by atoms with Gasteiger partial charge in [-0.25, -0.2) is 8.42 Å². The number of anilines is 2. The molecule has 31 heavy (non-hydrogen) atoms. The van der Waals surface area contributed by atoms with Crippen molar-refractivity contribution >= 4 is 60.7 Å². The van der Waals surface area contributed by atoms with Crippen LogP contribution < -0.4 is 9.62 Å². The Morgan fingerprint density at radius 1 is 1.00 bits per heavy atom. The number of aryl methyl sites for hydroxylation is 1. The van der Waals surface area contributed by atoms with E-state index in [4.69, 9.17) is 11.6 Å². The lowest BCUT2D eigenvalue weighted by Gasteiger charge is -2.22. The lowest BCUT2D eigenvalue weighted by molar-refractivity contribution is -0.114. The van der Waals surface area contributed by atoms with Gasteiger partial charge in [0, 0.05) is 39.1 Å². The molecule has 4 rings (SSSR count). The standard InChI is InChI=1S/C23H22ClN3O3S/c1-3-26-21-10-5-4-9-19(21)20-14-17(11-12-22(20)26)25-23(28)15-27(31(2,29)30)18-8-6-7-16(24)13-18/h4-14H,3,15H2,1-2H3,(H,25,28). The van der Waals surface area contributed by atoms with Crippen molar-refractivity contribution in [2.24, 2.45) is 0 Å². The van der Waals surface area contributed by atoms with Crippen molar-refractivity contribution in [2.75, 3.05) is 22.4 Å². The van der Waals surface area contributed by atoms with Gasteiger partial charge in [0.15, 0.2) is 0 Å². The number of carbonyl (C=O) groups is 1. The lowest BCUT2D eigenvalue weighted by atomic mass is 10.1. The van der Waals surface area contributed by atoms with Crippen molar-refractivity contribution in [3.8, 4) is 0 Å². The maximum atomic E-state index is 12.7. The molecular formula is C23H22ClN3O3S. The molecule has 160 valence electrons. The van der Waals surface area contributed by atoms with E-state index in [1.54, 1.807) is 18.2 Å². The Labute approximate surface area is 186 Å². The molecule has 0 saturated carbocycles. The van der Waals surface area contributed by atoms with Crippen LogP contribution in [0.2, 0.25) is 5.02 Å². The summed E-state index contributed by atoms with van der Waals surface area (Å²) in [5.74, 6) is -0.441. The zero-order valence-corrected chi connectivity index (χ0v) is 18.7. The van der Waals surface area contributed by atoms with E-state index < -0.39 is 15.9 Å². The zero-order chi connectivity index (χ0) is 22.2. The summed E-state index contributed by atoms with van der Waals surface area (Å²) in [6.45, 7) is 2.57. The third kappa shape index (κ3) is 4.24. The minimum atomic E-state index is -3.68. The van der Waals surface area contributed by atoms with Gasteiger partial charge in [0.1, 0.15) is 6.54 Å². The van der Waals surface area contributed by atoms with Crippen LogP contribution in [0.1, 0.15) is 6.92 Å². The molecule has 0 atom stereocenters. The number of sulfonamides is 1. The highest BCUT2D eigenvalue weighted by Crippen LogP contribution is 2.31. The first-order valence-electron chi connectivity index (χ1n) is 9.82. The maximum Gasteiger partial charge on any atom is 0.245 e. The summed E-state index contributed by atoms with van der Waals surface area (Å²) < 4.78 is 27.8. The first-order chi connectivity index (χ1) is 14.8. The summed E-state index contributed by atoms with van der Waals surface area (Å²) in [7, 11) is -3.68. The summed E-state index contributed by atoms with van der Waals surface area (Å²) in [5, 5.41) is 5.35. The van der Waals surface area contributed by atoms with Crippen LogP contribution in [-0.2, 0) is 21.4 Å². The second-order valence-electron chi connectivity index (χ2n) is 7.29. The van der Waals surface area contributed by atoms with Crippen LogP contribution in [0.25, 0.3) is 21.8 Å². The van der Waals surface area contributed by atoms with E-state index in [1.165, 1.54) is 6.07 Å². The largest absolute Gasteiger partial charge is 0.341 e. The van der Waals surface area contributed by atoms with Gasteiger partial charge in [-0.05, 0) is 49.4 Å². The molecule has 0 spiro atoms. The van der Waals surface area contributed by atoms with E-state index in [0.717, 1.165) is 38.9 Å². The van der Waals surface area contributed by atoms with Gasteiger partial charge in [-0.2, -0.15) is 0 Å². The first-order valence-corrected chi connectivity index (χ1v) is 12.0. The number of hydrogen-bond donors (Lipinski definition) is 1. The molecule has 0 bridgehead atoms. The summed E-state index contributed by atoms with van der Waals surface area (Å²) >= 11 is 6.00. The molecule has 4 aromatic rings. The SMILES string of the molecule is CCn1c2ccccc2c2cc(NC(=O)CN(c3cccc(Cl)c3)S(C)(=O)=O)ccc21. The summed E-state index contributed by atoms with van der Waals surface area (Å²) in [6.07, 6.45) is 1.06. The molecule has 8 heteroatoms. The molecule has 0 aliphatic heterocycles. The van der Waals surface area contributed by atoms with Crippen LogP contribution in [-0.4, -0.2) is 31.7 Å². The fourth-order valence-corrected chi connectivity index (χ4v) is 4.87. The highest BCUT2D eigenvalue weighted by Gasteiger charge is 2.21. The third-order valence-corrected chi connectivity index (χ3v) is 6.53. The van der Waals surface area contributed by atoms with Gasteiger partial charge in [0.2, 0.25) is 15.9 Å². The predicted octanol–water partition coefficient (Wildman–Crippen LogP) is 4.87. The van der Waals surface area contributed by atoms with Crippen LogP contribution in [0.5, 0.6) is 0 Å². The fourth-order valence-electron chi connectivity index (χ4n) is 3.83. The summed E-state index contributed by atoms with van der Waals surface area (Å²) in [4.78, 5) is 12.7. The van der Waals surface area contributed by atoms with Crippen molar-refractivity contribution in [3.05, 3.63) is 71.8 Å². The molecule has 1 amide bonds. The van der Waals surface area contributed by atoms with E-state index in [1.807, 2.05) is 30.3 Å². The summed E-state index contributed by atoms with van der Waals surface area (Å²) in [6, 6.07) is 20.3. The van der Waals surface area contributed by atoms with E-state index >= 15 is 0 Å². The Morgan fingerprint density at radius 3 is 2.45 bits per heavy atom. The number of fused-ring (bicyclic) bond motifs is 3. The Kier molecular flexibility index (Phi) is 5.64. The highest BCUT2D eigenvalue weighted by atomic mass is 35.5. The molecule has 6 nitrogen and oxygen atoms in total. The maximum absolute atomic E-state index is 12.7. The number of carbonyl (C=O) groups excluding carboxylic acids is 1. The smallest absolute Gasteiger partial charge is 0.245 e. The second kappa shape index (κ2) is 8.24. The number of aromatic nitrogens is 1. The Bertz CT molecular complexity index is 1400. The molecule has 0 saturated heterocycles. The molecule has 0 fully saturated rings.